The van der Waals surface area contributed by atoms with Crippen molar-refractivity contribution in [2.45, 2.75) is 37.4 Å². The number of aromatic nitrogens is 4. The summed E-state index contributed by atoms with van der Waals surface area (Å²) < 4.78 is 35.7. The molecule has 5 heterocycles. The molecule has 0 aliphatic carbocycles. The second-order valence-electron chi connectivity index (χ2n) is 9.39. The van der Waals surface area contributed by atoms with Crippen molar-refractivity contribution >= 4 is 33.6 Å². The van der Waals surface area contributed by atoms with Crippen molar-refractivity contribution in [3.63, 3.8) is 0 Å². The molecular formula is C27H29FN6O3. The van der Waals surface area contributed by atoms with Gasteiger partial charge in [0.1, 0.15) is 42.1 Å². The van der Waals surface area contributed by atoms with Gasteiger partial charge in [0.05, 0.1) is 17.0 Å². The Hall–Kier alpha value is -3.76. The average molecular weight is 505 g/mol. The van der Waals surface area contributed by atoms with E-state index in [1.807, 2.05) is 43.6 Å². The molecular weight excluding hydrogens is 475 g/mol. The predicted octanol–water partition coefficient (Wildman–Crippen LogP) is 4.57. The Kier molecular flexibility index (Phi) is 6.13. The van der Waals surface area contributed by atoms with E-state index in [0.29, 0.717) is 29.2 Å². The summed E-state index contributed by atoms with van der Waals surface area (Å²) in [5.41, 5.74) is 8.41. The van der Waals surface area contributed by atoms with Gasteiger partial charge in [0, 0.05) is 42.8 Å². The summed E-state index contributed by atoms with van der Waals surface area (Å²) in [4.78, 5) is 13.1. The third-order valence-electron chi connectivity index (χ3n) is 7.21. The molecule has 37 heavy (non-hydrogen) atoms. The van der Waals surface area contributed by atoms with Crippen molar-refractivity contribution in [1.29, 1.82) is 0 Å². The number of ether oxygens (including phenoxy) is 3. The standard InChI is InChI=1S/C27H29FN6O3/c1-3-17-21(13-36-16-8-6-15-7-9-22(30-2)33-19(15)11-16)37-27(24(17)28)34-12-18(20-5-4-10-35-20)23-25(29)31-14-32-26(23)34/h3,6-9,11-12,14,17,20-21,24,27H,1,4-5,10,13H2,2H3,(H,30,33)(H2,29,31,32)/t17?,20-,21+,24-,27+/m0/s1. The highest BCUT2D eigenvalue weighted by atomic mass is 19.1. The number of pyridine rings is 1. The molecule has 4 aromatic rings. The van der Waals surface area contributed by atoms with Crippen LogP contribution in [0.4, 0.5) is 16.0 Å². The number of hydrogen-bond donors (Lipinski definition) is 2. The minimum absolute atomic E-state index is 0.129. The first-order valence-corrected chi connectivity index (χ1v) is 12.4. The number of fused-ring (bicyclic) bond motifs is 2. The van der Waals surface area contributed by atoms with E-state index < -0.39 is 24.4 Å². The number of nitrogens with one attached hydrogen (secondary N) is 1. The number of alkyl halides is 1. The molecule has 10 heteroatoms. The van der Waals surface area contributed by atoms with E-state index in [2.05, 4.69) is 26.8 Å². The number of nitrogens with two attached hydrogens (primary N) is 1. The van der Waals surface area contributed by atoms with Gasteiger partial charge in [0.25, 0.3) is 0 Å². The Labute approximate surface area is 213 Å². The number of nitrogen functional groups attached to an aromatic ring is 1. The maximum atomic E-state index is 15.8. The van der Waals surface area contributed by atoms with Gasteiger partial charge in [-0.25, -0.2) is 19.3 Å². The second-order valence-corrected chi connectivity index (χ2v) is 9.39. The summed E-state index contributed by atoms with van der Waals surface area (Å²) in [6, 6.07) is 9.59. The molecule has 0 saturated carbocycles. The third-order valence-corrected chi connectivity index (χ3v) is 7.21. The van der Waals surface area contributed by atoms with Crippen LogP contribution in [0.5, 0.6) is 5.75 Å². The normalized spacial score (nSPS) is 25.6. The van der Waals surface area contributed by atoms with Crippen LogP contribution >= 0.6 is 0 Å². The van der Waals surface area contributed by atoms with Crippen LogP contribution in [0, 0.1) is 5.92 Å². The van der Waals surface area contributed by atoms with Crippen molar-refractivity contribution in [2.24, 2.45) is 5.92 Å². The maximum absolute atomic E-state index is 15.8. The van der Waals surface area contributed by atoms with Gasteiger partial charge in [-0.2, -0.15) is 0 Å². The van der Waals surface area contributed by atoms with Crippen LogP contribution in [0.15, 0.2) is 55.5 Å². The van der Waals surface area contributed by atoms with Gasteiger partial charge in [-0.15, -0.1) is 6.58 Å². The first-order valence-electron chi connectivity index (χ1n) is 12.4. The molecule has 0 radical (unpaired) electrons. The Morgan fingerprint density at radius 1 is 1.30 bits per heavy atom. The van der Waals surface area contributed by atoms with Crippen LogP contribution in [-0.4, -0.2) is 52.1 Å². The predicted molar refractivity (Wildman–Crippen MR) is 139 cm³/mol. The molecule has 3 N–H and O–H groups in total. The Morgan fingerprint density at radius 2 is 2.16 bits per heavy atom. The largest absolute Gasteiger partial charge is 0.491 e. The zero-order chi connectivity index (χ0) is 25.5. The fourth-order valence-corrected chi connectivity index (χ4v) is 5.29. The van der Waals surface area contributed by atoms with Crippen molar-refractivity contribution in [2.75, 3.05) is 31.3 Å². The van der Waals surface area contributed by atoms with Gasteiger partial charge in [-0.1, -0.05) is 6.08 Å². The topological polar surface area (TPSA) is 109 Å². The number of halogens is 1. The van der Waals surface area contributed by atoms with E-state index >= 15 is 4.39 Å². The maximum Gasteiger partial charge on any atom is 0.167 e. The molecule has 0 spiro atoms. The van der Waals surface area contributed by atoms with Crippen LogP contribution in [0.3, 0.4) is 0 Å². The fourth-order valence-electron chi connectivity index (χ4n) is 5.29. The average Bonchev–Trinajstić information content (AvgIpc) is 3.65. The Bertz CT molecular complexity index is 1450. The second kappa shape index (κ2) is 9.60. The van der Waals surface area contributed by atoms with Gasteiger partial charge in [0.2, 0.25) is 0 Å². The summed E-state index contributed by atoms with van der Waals surface area (Å²) in [6.45, 7) is 4.69. The summed E-state index contributed by atoms with van der Waals surface area (Å²) in [6.07, 6.45) is 3.69. The van der Waals surface area contributed by atoms with Crippen LogP contribution in [0.2, 0.25) is 0 Å². The minimum Gasteiger partial charge on any atom is -0.491 e. The number of nitrogens with zero attached hydrogens (tertiary/aromatic N) is 4. The third kappa shape index (κ3) is 4.15. The quantitative estimate of drug-likeness (QED) is 0.352. The van der Waals surface area contributed by atoms with Gasteiger partial charge in [-0.05, 0) is 37.1 Å². The van der Waals surface area contributed by atoms with Crippen molar-refractivity contribution in [3.8, 4) is 5.75 Å². The molecule has 1 unspecified atom stereocenters. The van der Waals surface area contributed by atoms with Crippen LogP contribution < -0.4 is 15.8 Å². The number of rotatable bonds is 7. The smallest absolute Gasteiger partial charge is 0.167 e. The molecule has 2 aliphatic heterocycles. The molecule has 1 aromatic carbocycles. The highest BCUT2D eigenvalue weighted by Gasteiger charge is 2.45. The molecule has 2 aliphatic rings. The monoisotopic (exact) mass is 504 g/mol. The molecule has 0 bridgehead atoms. The summed E-state index contributed by atoms with van der Waals surface area (Å²) in [5.74, 6) is 1.17. The minimum atomic E-state index is -1.35. The Balaban J connectivity index is 1.27. The first-order chi connectivity index (χ1) is 18.1. The van der Waals surface area contributed by atoms with Gasteiger partial charge >= 0.3 is 0 Å². The van der Waals surface area contributed by atoms with Gasteiger partial charge < -0.3 is 29.8 Å². The summed E-state index contributed by atoms with van der Waals surface area (Å²) in [5, 5.41) is 4.72. The van der Waals surface area contributed by atoms with Gasteiger partial charge in [-0.3, -0.25) is 0 Å². The van der Waals surface area contributed by atoms with E-state index in [4.69, 9.17) is 19.9 Å². The number of anilines is 2. The fraction of sp³-hybridized carbons (Fsp3) is 0.370. The lowest BCUT2D eigenvalue weighted by molar-refractivity contribution is -0.0329. The summed E-state index contributed by atoms with van der Waals surface area (Å²) >= 11 is 0. The van der Waals surface area contributed by atoms with E-state index in [0.717, 1.165) is 35.1 Å². The zero-order valence-corrected chi connectivity index (χ0v) is 20.5. The number of benzene rings is 1. The van der Waals surface area contributed by atoms with Crippen LogP contribution in [-0.2, 0) is 9.47 Å². The van der Waals surface area contributed by atoms with E-state index in [1.54, 1.807) is 10.6 Å². The van der Waals surface area contributed by atoms with Crippen molar-refractivity contribution < 1.29 is 18.6 Å². The van der Waals surface area contributed by atoms with E-state index in [-0.39, 0.29) is 12.7 Å². The van der Waals surface area contributed by atoms with E-state index in [1.165, 1.54) is 6.33 Å². The molecule has 3 aromatic heterocycles. The van der Waals surface area contributed by atoms with E-state index in [9.17, 15) is 0 Å². The lowest BCUT2D eigenvalue weighted by atomic mass is 9.99. The molecule has 6 rings (SSSR count). The lowest BCUT2D eigenvalue weighted by Crippen LogP contribution is -2.25. The lowest BCUT2D eigenvalue weighted by Gasteiger charge is -2.17. The Morgan fingerprint density at radius 3 is 2.95 bits per heavy atom. The SMILES string of the molecule is C=CC1[C@@H](COc2ccc3ccc(NC)nc3c2)O[C@@H](n2cc([C@@H]3CCCO3)c3c(N)ncnc32)[C@H]1F. The van der Waals surface area contributed by atoms with Crippen LogP contribution in [0.25, 0.3) is 21.9 Å². The highest BCUT2D eigenvalue weighted by Crippen LogP contribution is 2.42. The van der Waals surface area contributed by atoms with Crippen LogP contribution in [0.1, 0.15) is 30.7 Å². The number of hydrogen-bond acceptors (Lipinski definition) is 8. The molecule has 9 nitrogen and oxygen atoms in total. The summed E-state index contributed by atoms with van der Waals surface area (Å²) in [7, 11) is 1.82. The molecule has 2 fully saturated rings. The molecule has 2 saturated heterocycles. The highest BCUT2D eigenvalue weighted by molar-refractivity contribution is 5.90. The van der Waals surface area contributed by atoms with Gasteiger partial charge in [0.15, 0.2) is 12.4 Å². The molecule has 192 valence electrons. The first kappa shape index (κ1) is 23.6. The zero-order valence-electron chi connectivity index (χ0n) is 20.5. The van der Waals surface area contributed by atoms with Crippen molar-refractivity contribution in [1.82, 2.24) is 19.5 Å². The van der Waals surface area contributed by atoms with Crippen molar-refractivity contribution in [3.05, 3.63) is 61.1 Å². The molecule has 5 atom stereocenters. The molecule has 0 amide bonds.